The summed E-state index contributed by atoms with van der Waals surface area (Å²) in [5.74, 6) is 0.517. The summed E-state index contributed by atoms with van der Waals surface area (Å²) in [5, 5.41) is 9.38. The first-order valence-corrected chi connectivity index (χ1v) is 8.16. The lowest BCUT2D eigenvalue weighted by Crippen LogP contribution is -2.49. The van der Waals surface area contributed by atoms with E-state index in [9.17, 15) is 4.79 Å². The van der Waals surface area contributed by atoms with E-state index in [-0.39, 0.29) is 5.96 Å². The maximum absolute atomic E-state index is 10.8. The lowest BCUT2D eigenvalue weighted by Gasteiger charge is -2.25. The predicted octanol–water partition coefficient (Wildman–Crippen LogP) is 2.56. The molecule has 0 bridgehead atoms. The van der Waals surface area contributed by atoms with Gasteiger partial charge >= 0.3 is 0 Å². The molecule has 0 atom stereocenters. The standard InChI is InChI=1S/C19H23N5O/c1-2-12-22-18(17-10-8-16(14-25)9-11-17)23-24(19(20)21)13-15-6-4-3-5-7-15/h3-11,14H,2,12-13H2,1H3,(H3,20,21)(H,22,23). The summed E-state index contributed by atoms with van der Waals surface area (Å²) in [5.41, 5.74) is 11.3. The molecule has 25 heavy (non-hydrogen) atoms. The Balaban J connectivity index is 2.23. The number of rotatable bonds is 6. The summed E-state index contributed by atoms with van der Waals surface area (Å²) in [6.07, 6.45) is 1.70. The fourth-order valence-electron chi connectivity index (χ4n) is 2.21. The number of hydrogen-bond acceptors (Lipinski definition) is 3. The molecule has 6 nitrogen and oxygen atoms in total. The van der Waals surface area contributed by atoms with Crippen LogP contribution in [0.4, 0.5) is 0 Å². The van der Waals surface area contributed by atoms with Crippen LogP contribution in [0.15, 0.2) is 59.6 Å². The van der Waals surface area contributed by atoms with Gasteiger partial charge < -0.3 is 5.73 Å². The van der Waals surface area contributed by atoms with Crippen molar-refractivity contribution in [2.75, 3.05) is 6.54 Å². The first kappa shape index (κ1) is 18.2. The van der Waals surface area contributed by atoms with Gasteiger partial charge in [0.15, 0.2) is 0 Å². The van der Waals surface area contributed by atoms with Crippen molar-refractivity contribution in [3.8, 4) is 0 Å². The SMILES string of the molecule is CCCN=C(NN(Cc1ccccc1)C(=N)N)c1ccc(C=O)cc1. The highest BCUT2D eigenvalue weighted by Gasteiger charge is 2.12. The van der Waals surface area contributed by atoms with Crippen molar-refractivity contribution in [1.82, 2.24) is 10.4 Å². The van der Waals surface area contributed by atoms with Crippen LogP contribution in [-0.2, 0) is 6.54 Å². The zero-order valence-corrected chi connectivity index (χ0v) is 14.3. The number of carbonyl (C=O) groups is 1. The van der Waals surface area contributed by atoms with Crippen LogP contribution < -0.4 is 11.2 Å². The summed E-state index contributed by atoms with van der Waals surface area (Å²) in [4.78, 5) is 15.4. The van der Waals surface area contributed by atoms with Gasteiger partial charge in [-0.3, -0.25) is 25.6 Å². The molecule has 0 saturated heterocycles. The van der Waals surface area contributed by atoms with Crippen molar-refractivity contribution in [2.45, 2.75) is 19.9 Å². The zero-order valence-electron chi connectivity index (χ0n) is 14.3. The number of amidine groups is 1. The number of carbonyl (C=O) groups excluding carboxylic acids is 1. The normalized spacial score (nSPS) is 11.0. The molecule has 2 rings (SSSR count). The van der Waals surface area contributed by atoms with Crippen LogP contribution >= 0.6 is 0 Å². The molecule has 0 heterocycles. The Morgan fingerprint density at radius 2 is 1.88 bits per heavy atom. The molecule has 0 saturated carbocycles. The van der Waals surface area contributed by atoms with Crippen LogP contribution in [0.5, 0.6) is 0 Å². The largest absolute Gasteiger partial charge is 0.369 e. The van der Waals surface area contributed by atoms with E-state index in [0.717, 1.165) is 23.8 Å². The summed E-state index contributed by atoms with van der Waals surface area (Å²) >= 11 is 0. The van der Waals surface area contributed by atoms with Crippen molar-refractivity contribution in [3.05, 3.63) is 71.3 Å². The molecule has 0 aliphatic carbocycles. The molecule has 2 aromatic rings. The van der Waals surface area contributed by atoms with Crippen molar-refractivity contribution >= 4 is 18.1 Å². The minimum Gasteiger partial charge on any atom is -0.369 e. The lowest BCUT2D eigenvalue weighted by molar-refractivity contribution is 0.112. The van der Waals surface area contributed by atoms with E-state index in [0.29, 0.717) is 24.5 Å². The van der Waals surface area contributed by atoms with E-state index >= 15 is 0 Å². The third kappa shape index (κ3) is 5.46. The molecular formula is C19H23N5O. The molecule has 0 aliphatic heterocycles. The van der Waals surface area contributed by atoms with E-state index in [1.165, 1.54) is 5.01 Å². The monoisotopic (exact) mass is 337 g/mol. The Labute approximate surface area is 147 Å². The number of nitrogens with two attached hydrogens (primary N) is 1. The molecule has 0 radical (unpaired) electrons. The molecule has 0 unspecified atom stereocenters. The third-order valence-corrected chi connectivity index (χ3v) is 3.53. The second kappa shape index (κ2) is 9.22. The predicted molar refractivity (Wildman–Crippen MR) is 101 cm³/mol. The molecular weight excluding hydrogens is 314 g/mol. The van der Waals surface area contributed by atoms with Gasteiger partial charge in [0.25, 0.3) is 0 Å². The molecule has 0 aromatic heterocycles. The van der Waals surface area contributed by atoms with Gasteiger partial charge in [-0.1, -0.05) is 61.5 Å². The second-order valence-electron chi connectivity index (χ2n) is 5.54. The van der Waals surface area contributed by atoms with Gasteiger partial charge in [-0.15, -0.1) is 0 Å². The fraction of sp³-hybridized carbons (Fsp3) is 0.211. The number of aldehydes is 1. The van der Waals surface area contributed by atoms with Crippen LogP contribution in [0.2, 0.25) is 0 Å². The van der Waals surface area contributed by atoms with E-state index in [1.54, 1.807) is 12.1 Å². The number of benzene rings is 2. The van der Waals surface area contributed by atoms with Crippen LogP contribution in [-0.4, -0.2) is 29.6 Å². The molecule has 130 valence electrons. The molecule has 0 aliphatic rings. The molecule has 2 aromatic carbocycles. The number of aliphatic imine (C=N–C) groups is 1. The topological polar surface area (TPSA) is 94.6 Å². The highest BCUT2D eigenvalue weighted by molar-refractivity contribution is 6.00. The average Bonchev–Trinajstić information content (AvgIpc) is 2.65. The maximum Gasteiger partial charge on any atom is 0.207 e. The van der Waals surface area contributed by atoms with Crippen LogP contribution in [0.25, 0.3) is 0 Å². The van der Waals surface area contributed by atoms with Gasteiger partial charge in [0.2, 0.25) is 5.96 Å². The number of nitrogens with one attached hydrogen (secondary N) is 2. The van der Waals surface area contributed by atoms with Crippen molar-refractivity contribution in [1.29, 1.82) is 5.41 Å². The summed E-state index contributed by atoms with van der Waals surface area (Å²) in [6, 6.07) is 16.9. The van der Waals surface area contributed by atoms with Crippen LogP contribution in [0, 0.1) is 5.41 Å². The van der Waals surface area contributed by atoms with Gasteiger partial charge in [-0.05, 0) is 12.0 Å². The van der Waals surface area contributed by atoms with Gasteiger partial charge in [-0.2, -0.15) is 0 Å². The summed E-state index contributed by atoms with van der Waals surface area (Å²) < 4.78 is 0. The third-order valence-electron chi connectivity index (χ3n) is 3.53. The Hall–Kier alpha value is -3.15. The molecule has 4 N–H and O–H groups in total. The quantitative estimate of drug-likeness (QED) is 0.327. The van der Waals surface area contributed by atoms with Crippen LogP contribution in [0.1, 0.15) is 34.8 Å². The fourth-order valence-corrected chi connectivity index (χ4v) is 2.21. The summed E-state index contributed by atoms with van der Waals surface area (Å²) in [7, 11) is 0. The number of guanidine groups is 1. The minimum absolute atomic E-state index is 0.0995. The maximum atomic E-state index is 10.8. The van der Waals surface area contributed by atoms with Crippen molar-refractivity contribution in [3.63, 3.8) is 0 Å². The minimum atomic E-state index is -0.0995. The number of hydrogen-bond donors (Lipinski definition) is 3. The Bertz CT molecular complexity index is 725. The van der Waals surface area contributed by atoms with Gasteiger partial charge in [-0.25, -0.2) is 0 Å². The second-order valence-corrected chi connectivity index (χ2v) is 5.54. The number of nitrogens with zero attached hydrogens (tertiary/aromatic N) is 2. The number of hydrazine groups is 1. The van der Waals surface area contributed by atoms with E-state index in [1.807, 2.05) is 49.4 Å². The summed E-state index contributed by atoms with van der Waals surface area (Å²) in [6.45, 7) is 3.13. The zero-order chi connectivity index (χ0) is 18.1. The van der Waals surface area contributed by atoms with Crippen molar-refractivity contribution < 1.29 is 4.79 Å². The first-order chi connectivity index (χ1) is 12.1. The molecule has 6 heteroatoms. The molecule has 0 fully saturated rings. The Kier molecular flexibility index (Phi) is 6.71. The van der Waals surface area contributed by atoms with Gasteiger partial charge in [0, 0.05) is 17.7 Å². The highest BCUT2D eigenvalue weighted by atomic mass is 16.1. The average molecular weight is 337 g/mol. The molecule has 0 spiro atoms. The Morgan fingerprint density at radius 3 is 2.44 bits per heavy atom. The highest BCUT2D eigenvalue weighted by Crippen LogP contribution is 2.07. The Morgan fingerprint density at radius 1 is 1.20 bits per heavy atom. The smallest absolute Gasteiger partial charge is 0.207 e. The van der Waals surface area contributed by atoms with Crippen LogP contribution in [0.3, 0.4) is 0 Å². The van der Waals surface area contributed by atoms with E-state index in [4.69, 9.17) is 11.1 Å². The van der Waals surface area contributed by atoms with Gasteiger partial charge in [0.1, 0.15) is 12.1 Å². The van der Waals surface area contributed by atoms with E-state index in [2.05, 4.69) is 10.4 Å². The lowest BCUT2D eigenvalue weighted by atomic mass is 10.1. The first-order valence-electron chi connectivity index (χ1n) is 8.16. The van der Waals surface area contributed by atoms with Gasteiger partial charge in [0.05, 0.1) is 6.54 Å². The molecule has 0 amide bonds. The van der Waals surface area contributed by atoms with Crippen molar-refractivity contribution in [2.24, 2.45) is 10.7 Å². The van der Waals surface area contributed by atoms with E-state index < -0.39 is 0 Å².